The highest BCUT2D eigenvalue weighted by molar-refractivity contribution is 5.94. The second kappa shape index (κ2) is 9.29. The molecule has 0 saturated carbocycles. The molecule has 0 aromatic carbocycles. The Kier molecular flexibility index (Phi) is 8.48. The van der Waals surface area contributed by atoms with Gasteiger partial charge in [0.25, 0.3) is 0 Å². The quantitative estimate of drug-likeness (QED) is 0.214. The van der Waals surface area contributed by atoms with Crippen LogP contribution in [0, 0.1) is 22.0 Å². The Labute approximate surface area is 112 Å². The molecule has 1 N–H and O–H groups in total. The summed E-state index contributed by atoms with van der Waals surface area (Å²) >= 11 is 0. The van der Waals surface area contributed by atoms with E-state index in [1.165, 1.54) is 0 Å². The summed E-state index contributed by atoms with van der Waals surface area (Å²) in [7, 11) is 0. The molecule has 0 aromatic heterocycles. The lowest BCUT2D eigenvalue weighted by Crippen LogP contribution is -2.36. The molecule has 0 aromatic rings. The van der Waals surface area contributed by atoms with Crippen LogP contribution in [0.3, 0.4) is 0 Å². The predicted molar refractivity (Wildman–Crippen MR) is 67.3 cm³/mol. The number of hydrogen-bond acceptors (Lipinski definition) is 5. The van der Waals surface area contributed by atoms with Crippen molar-refractivity contribution in [3.8, 4) is 0 Å². The van der Waals surface area contributed by atoms with Gasteiger partial charge in [-0.3, -0.25) is 19.7 Å². The van der Waals surface area contributed by atoms with Crippen molar-refractivity contribution in [2.24, 2.45) is 11.8 Å². The van der Waals surface area contributed by atoms with E-state index in [9.17, 15) is 19.7 Å². The minimum Gasteiger partial charge on any atom is -0.481 e. The van der Waals surface area contributed by atoms with Crippen molar-refractivity contribution >= 4 is 11.9 Å². The first-order chi connectivity index (χ1) is 8.93. The number of nitro groups is 1. The fourth-order valence-electron chi connectivity index (χ4n) is 1.94. The van der Waals surface area contributed by atoms with Gasteiger partial charge >= 0.3 is 11.9 Å². The molecule has 0 fully saturated rings. The van der Waals surface area contributed by atoms with E-state index in [2.05, 4.69) is 0 Å². The zero-order chi connectivity index (χ0) is 14.8. The zero-order valence-electron chi connectivity index (χ0n) is 11.3. The summed E-state index contributed by atoms with van der Waals surface area (Å²) in [6.07, 6.45) is 2.77. The van der Waals surface area contributed by atoms with Crippen molar-refractivity contribution in [1.82, 2.24) is 0 Å². The van der Waals surface area contributed by atoms with Gasteiger partial charge in [-0.15, -0.1) is 0 Å². The third kappa shape index (κ3) is 6.73. The Morgan fingerprint density at radius 3 is 2.37 bits per heavy atom. The SMILES string of the molecule is CCCCCC(C[N+](=O)[O-])C(C(=O)O)C(=O)OCC. The highest BCUT2D eigenvalue weighted by Gasteiger charge is 2.38. The molecule has 7 nitrogen and oxygen atoms in total. The van der Waals surface area contributed by atoms with E-state index in [1.54, 1.807) is 6.92 Å². The smallest absolute Gasteiger partial charge is 0.320 e. The number of carbonyl (C=O) groups excluding carboxylic acids is 1. The van der Waals surface area contributed by atoms with Gasteiger partial charge in [-0.1, -0.05) is 26.2 Å². The average molecular weight is 275 g/mol. The number of carboxylic acids is 1. The highest BCUT2D eigenvalue weighted by atomic mass is 16.6. The maximum Gasteiger partial charge on any atom is 0.320 e. The Hall–Kier alpha value is -1.66. The predicted octanol–water partition coefficient (Wildman–Crippen LogP) is 1.72. The van der Waals surface area contributed by atoms with Crippen molar-refractivity contribution < 1.29 is 24.4 Å². The normalized spacial score (nSPS) is 13.6. The van der Waals surface area contributed by atoms with Gasteiger partial charge in [-0.05, 0) is 13.3 Å². The zero-order valence-corrected chi connectivity index (χ0v) is 11.3. The molecule has 0 rings (SSSR count). The molecule has 2 atom stereocenters. The molecule has 0 bridgehead atoms. The second-order valence-corrected chi connectivity index (χ2v) is 4.34. The molecule has 0 aliphatic rings. The van der Waals surface area contributed by atoms with E-state index in [-0.39, 0.29) is 6.61 Å². The largest absolute Gasteiger partial charge is 0.481 e. The number of esters is 1. The lowest BCUT2D eigenvalue weighted by atomic mass is 9.87. The van der Waals surface area contributed by atoms with Gasteiger partial charge in [-0.25, -0.2) is 0 Å². The summed E-state index contributed by atoms with van der Waals surface area (Å²) in [5, 5.41) is 19.7. The monoisotopic (exact) mass is 275 g/mol. The van der Waals surface area contributed by atoms with Crippen molar-refractivity contribution in [2.45, 2.75) is 39.5 Å². The maximum atomic E-state index is 11.6. The molecule has 110 valence electrons. The van der Waals surface area contributed by atoms with E-state index in [1.807, 2.05) is 6.92 Å². The molecule has 0 aliphatic carbocycles. The number of hydrogen-bond donors (Lipinski definition) is 1. The van der Waals surface area contributed by atoms with Gasteiger partial charge < -0.3 is 9.84 Å². The third-order valence-electron chi connectivity index (χ3n) is 2.84. The fraction of sp³-hybridized carbons (Fsp3) is 0.833. The average Bonchev–Trinajstić information content (AvgIpc) is 2.28. The van der Waals surface area contributed by atoms with Crippen LogP contribution in [0.2, 0.25) is 0 Å². The van der Waals surface area contributed by atoms with Crippen LogP contribution < -0.4 is 0 Å². The number of nitrogens with zero attached hydrogens (tertiary/aromatic N) is 1. The minimum atomic E-state index is -1.46. The first-order valence-corrected chi connectivity index (χ1v) is 6.45. The molecule has 2 unspecified atom stereocenters. The van der Waals surface area contributed by atoms with Crippen LogP contribution in [0.15, 0.2) is 0 Å². The molecule has 0 saturated heterocycles. The Morgan fingerprint density at radius 2 is 1.95 bits per heavy atom. The second-order valence-electron chi connectivity index (χ2n) is 4.34. The van der Waals surface area contributed by atoms with Gasteiger partial charge in [0.15, 0.2) is 5.92 Å². The Balaban J connectivity index is 4.85. The van der Waals surface area contributed by atoms with Crippen molar-refractivity contribution in [2.75, 3.05) is 13.2 Å². The molecular weight excluding hydrogens is 254 g/mol. The van der Waals surface area contributed by atoms with Gasteiger partial charge in [0, 0.05) is 10.8 Å². The first-order valence-electron chi connectivity index (χ1n) is 6.45. The summed E-state index contributed by atoms with van der Waals surface area (Å²) in [6, 6.07) is 0. The number of carbonyl (C=O) groups is 2. The Morgan fingerprint density at radius 1 is 1.32 bits per heavy atom. The minimum absolute atomic E-state index is 0.0583. The van der Waals surface area contributed by atoms with Crippen LogP contribution in [0.1, 0.15) is 39.5 Å². The van der Waals surface area contributed by atoms with E-state index in [4.69, 9.17) is 9.84 Å². The summed E-state index contributed by atoms with van der Waals surface area (Å²) in [5.74, 6) is -4.53. The van der Waals surface area contributed by atoms with Gasteiger partial charge in [-0.2, -0.15) is 0 Å². The topological polar surface area (TPSA) is 107 Å². The molecule has 19 heavy (non-hydrogen) atoms. The lowest BCUT2D eigenvalue weighted by Gasteiger charge is -2.19. The Bertz CT molecular complexity index is 317. The third-order valence-corrected chi connectivity index (χ3v) is 2.84. The molecule has 0 aliphatic heterocycles. The van der Waals surface area contributed by atoms with Crippen molar-refractivity contribution in [3.63, 3.8) is 0 Å². The van der Waals surface area contributed by atoms with Crippen LogP contribution in [0.4, 0.5) is 0 Å². The van der Waals surface area contributed by atoms with E-state index >= 15 is 0 Å². The fourth-order valence-corrected chi connectivity index (χ4v) is 1.94. The van der Waals surface area contributed by atoms with E-state index in [0.29, 0.717) is 12.8 Å². The first kappa shape index (κ1) is 17.3. The van der Waals surface area contributed by atoms with Gasteiger partial charge in [0.05, 0.1) is 6.61 Å². The molecule has 7 heteroatoms. The molecular formula is C12H21NO6. The summed E-state index contributed by atoms with van der Waals surface area (Å²) in [6.45, 7) is 3.07. The molecule has 0 amide bonds. The van der Waals surface area contributed by atoms with Crippen LogP contribution in [-0.2, 0) is 14.3 Å². The van der Waals surface area contributed by atoms with Crippen molar-refractivity contribution in [1.29, 1.82) is 0 Å². The lowest BCUT2D eigenvalue weighted by molar-refractivity contribution is -0.489. The van der Waals surface area contributed by atoms with E-state index < -0.39 is 35.2 Å². The van der Waals surface area contributed by atoms with Gasteiger partial charge in [0.2, 0.25) is 6.54 Å². The number of unbranched alkanes of at least 4 members (excludes halogenated alkanes) is 2. The van der Waals surface area contributed by atoms with Crippen LogP contribution in [-0.4, -0.2) is 35.1 Å². The van der Waals surface area contributed by atoms with Crippen LogP contribution in [0.5, 0.6) is 0 Å². The van der Waals surface area contributed by atoms with Gasteiger partial charge in [0.1, 0.15) is 0 Å². The summed E-state index contributed by atoms with van der Waals surface area (Å²) < 4.78 is 4.69. The molecule has 0 radical (unpaired) electrons. The van der Waals surface area contributed by atoms with Crippen LogP contribution >= 0.6 is 0 Å². The molecule has 0 spiro atoms. The molecule has 0 heterocycles. The van der Waals surface area contributed by atoms with E-state index in [0.717, 1.165) is 12.8 Å². The number of aliphatic carboxylic acids is 1. The summed E-state index contributed by atoms with van der Waals surface area (Å²) in [5.41, 5.74) is 0. The number of ether oxygens (including phenoxy) is 1. The standard InChI is InChI=1S/C12H21NO6/c1-3-5-6-7-9(8-13(17)18)10(11(14)15)12(16)19-4-2/h9-10H,3-8H2,1-2H3,(H,14,15). The number of rotatable bonds is 10. The highest BCUT2D eigenvalue weighted by Crippen LogP contribution is 2.22. The summed E-state index contributed by atoms with van der Waals surface area (Å²) in [4.78, 5) is 32.8. The van der Waals surface area contributed by atoms with Crippen molar-refractivity contribution in [3.05, 3.63) is 10.1 Å². The maximum absolute atomic E-state index is 11.6. The number of carboxylic acid groups (broad SMARTS) is 1. The van der Waals surface area contributed by atoms with Crippen LogP contribution in [0.25, 0.3) is 0 Å².